The Morgan fingerprint density at radius 1 is 1.34 bits per heavy atom. The van der Waals surface area contributed by atoms with Gasteiger partial charge < -0.3 is 20.1 Å². The summed E-state index contributed by atoms with van der Waals surface area (Å²) in [6.45, 7) is 7.29. The summed E-state index contributed by atoms with van der Waals surface area (Å²) in [5.74, 6) is -0.328. The van der Waals surface area contributed by atoms with Gasteiger partial charge in [-0.1, -0.05) is 0 Å². The quantitative estimate of drug-likeness (QED) is 0.360. The molecule has 1 aromatic carbocycles. The molecule has 6 nitrogen and oxygen atoms in total. The number of nitrogens with one attached hydrogen (secondary N) is 2. The molecule has 3 atom stereocenters. The van der Waals surface area contributed by atoms with Crippen LogP contribution in [0.1, 0.15) is 51.9 Å². The summed E-state index contributed by atoms with van der Waals surface area (Å²) in [5.41, 5.74) is 1.19. The van der Waals surface area contributed by atoms with Gasteiger partial charge in [0, 0.05) is 64.2 Å². The van der Waals surface area contributed by atoms with Gasteiger partial charge in [-0.05, 0) is 38.7 Å². The number of carbonyl (C=O) groups is 1. The molecule has 0 amide bonds. The van der Waals surface area contributed by atoms with Crippen molar-refractivity contribution in [1.29, 1.82) is 0 Å². The fourth-order valence-electron chi connectivity index (χ4n) is 6.36. The van der Waals surface area contributed by atoms with Crippen molar-refractivity contribution in [1.82, 2.24) is 9.80 Å². The summed E-state index contributed by atoms with van der Waals surface area (Å²) in [6.07, 6.45) is 6.44. The van der Waals surface area contributed by atoms with Gasteiger partial charge in [-0.15, -0.1) is 0 Å². The van der Waals surface area contributed by atoms with E-state index < -0.39 is 5.41 Å². The van der Waals surface area contributed by atoms with Gasteiger partial charge in [-0.25, -0.2) is 4.39 Å². The standard InChI is InChI=1S/C25H39FN3O3/c1-19-5-3-14-29(19,21-8-13-27-18-21)20-6-7-23(22(26)17-20)28-12-4-9-25(24(30)31-2)10-15-32-16-11-25/h6-7,17,19,21,27-28H,3-5,8-16,18H2,1-2H3/q+1/t19-,21-,29?/m0/s1. The summed E-state index contributed by atoms with van der Waals surface area (Å²) in [5, 5.41) is 6.76. The number of hydrogen-bond acceptors (Lipinski definition) is 5. The van der Waals surface area contributed by atoms with Gasteiger partial charge in [0.25, 0.3) is 0 Å². The highest BCUT2D eigenvalue weighted by Crippen LogP contribution is 2.40. The molecule has 3 saturated heterocycles. The molecule has 0 aromatic heterocycles. The first-order valence-corrected chi connectivity index (χ1v) is 12.3. The zero-order valence-corrected chi connectivity index (χ0v) is 19.6. The highest BCUT2D eigenvalue weighted by atomic mass is 19.1. The molecule has 3 aliphatic rings. The Labute approximate surface area is 191 Å². The maximum atomic E-state index is 15.1. The number of methoxy groups -OCH3 is 1. The van der Waals surface area contributed by atoms with Gasteiger partial charge >= 0.3 is 5.97 Å². The van der Waals surface area contributed by atoms with Gasteiger partial charge in [0.2, 0.25) is 0 Å². The first-order valence-electron chi connectivity index (χ1n) is 12.3. The van der Waals surface area contributed by atoms with Gasteiger partial charge in [-0.3, -0.25) is 9.28 Å². The van der Waals surface area contributed by atoms with Crippen molar-refractivity contribution in [3.8, 4) is 0 Å². The van der Waals surface area contributed by atoms with E-state index in [1.165, 1.54) is 20.0 Å². The SMILES string of the molecule is COC(=O)C1(CCCNc2ccc([N+]3([C@H]4CCNC4)CCC[C@@H]3C)cc2F)CCOCC1. The van der Waals surface area contributed by atoms with Gasteiger partial charge in [0.1, 0.15) is 11.7 Å². The van der Waals surface area contributed by atoms with E-state index in [0.29, 0.717) is 50.4 Å². The molecule has 0 bridgehead atoms. The van der Waals surface area contributed by atoms with E-state index in [9.17, 15) is 4.79 Å². The lowest BCUT2D eigenvalue weighted by molar-refractivity contribution is -0.159. The van der Waals surface area contributed by atoms with Crippen molar-refractivity contribution >= 4 is 17.3 Å². The smallest absolute Gasteiger partial charge is 0.311 e. The number of benzene rings is 1. The molecule has 1 aromatic rings. The fraction of sp³-hybridized carbons (Fsp3) is 0.720. The molecule has 0 aliphatic carbocycles. The lowest BCUT2D eigenvalue weighted by atomic mass is 9.76. The Morgan fingerprint density at radius 2 is 2.16 bits per heavy atom. The molecule has 2 N–H and O–H groups in total. The van der Waals surface area contributed by atoms with Crippen LogP contribution in [0.4, 0.5) is 15.8 Å². The number of rotatable bonds is 8. The van der Waals surface area contributed by atoms with Crippen LogP contribution < -0.4 is 15.1 Å². The highest BCUT2D eigenvalue weighted by Gasteiger charge is 2.48. The van der Waals surface area contributed by atoms with Crippen molar-refractivity contribution in [3.05, 3.63) is 24.0 Å². The molecule has 0 spiro atoms. The fourth-order valence-corrected chi connectivity index (χ4v) is 6.36. The monoisotopic (exact) mass is 448 g/mol. The van der Waals surface area contributed by atoms with Crippen LogP contribution in [-0.4, -0.2) is 64.6 Å². The minimum absolute atomic E-state index is 0.147. The molecule has 3 aliphatic heterocycles. The Balaban J connectivity index is 1.40. The number of carbonyl (C=O) groups excluding carboxylic acids is 1. The summed E-state index contributed by atoms with van der Waals surface area (Å²) in [6, 6.07) is 6.84. The summed E-state index contributed by atoms with van der Waals surface area (Å²) in [4.78, 5) is 12.4. The number of nitrogens with zero attached hydrogens (tertiary/aromatic N) is 1. The van der Waals surface area contributed by atoms with E-state index >= 15 is 4.39 Å². The van der Waals surface area contributed by atoms with Crippen molar-refractivity contribution < 1.29 is 18.7 Å². The second kappa shape index (κ2) is 10.1. The molecule has 7 heteroatoms. The third kappa shape index (κ3) is 4.39. The van der Waals surface area contributed by atoms with Crippen molar-refractivity contribution in [2.45, 2.75) is 64.0 Å². The van der Waals surface area contributed by atoms with Gasteiger partial charge in [0.15, 0.2) is 5.82 Å². The molecule has 4 rings (SSSR count). The average molecular weight is 449 g/mol. The number of anilines is 1. The average Bonchev–Trinajstić information content (AvgIpc) is 3.48. The lowest BCUT2D eigenvalue weighted by Gasteiger charge is -2.43. The van der Waals surface area contributed by atoms with Crippen molar-refractivity contribution in [3.63, 3.8) is 0 Å². The third-order valence-electron chi connectivity index (χ3n) is 8.27. The van der Waals surface area contributed by atoms with Gasteiger partial charge in [-0.2, -0.15) is 0 Å². The molecular weight excluding hydrogens is 409 g/mol. The second-order valence-corrected chi connectivity index (χ2v) is 9.87. The van der Waals surface area contributed by atoms with E-state index in [0.717, 1.165) is 49.1 Å². The number of esters is 1. The van der Waals surface area contributed by atoms with Crippen LogP contribution in [0, 0.1) is 11.2 Å². The van der Waals surface area contributed by atoms with E-state index in [4.69, 9.17) is 9.47 Å². The third-order valence-corrected chi connectivity index (χ3v) is 8.27. The molecule has 0 radical (unpaired) electrons. The van der Waals surface area contributed by atoms with E-state index in [1.54, 1.807) is 6.07 Å². The Kier molecular flexibility index (Phi) is 7.37. The highest BCUT2D eigenvalue weighted by molar-refractivity contribution is 5.76. The van der Waals surface area contributed by atoms with Crippen molar-refractivity contribution in [2.24, 2.45) is 5.41 Å². The molecule has 1 unspecified atom stereocenters. The second-order valence-electron chi connectivity index (χ2n) is 9.87. The summed E-state index contributed by atoms with van der Waals surface area (Å²) in [7, 11) is 1.45. The zero-order valence-electron chi connectivity index (χ0n) is 19.6. The lowest BCUT2D eigenvalue weighted by Crippen LogP contribution is -2.59. The Bertz CT molecular complexity index is 793. The zero-order chi connectivity index (χ0) is 22.6. The minimum Gasteiger partial charge on any atom is -0.469 e. The van der Waals surface area contributed by atoms with Crippen LogP contribution in [0.2, 0.25) is 0 Å². The molecule has 3 heterocycles. The largest absolute Gasteiger partial charge is 0.469 e. The molecule has 0 saturated carbocycles. The van der Waals surface area contributed by atoms with E-state index in [1.807, 2.05) is 6.07 Å². The molecule has 178 valence electrons. The predicted octanol–water partition coefficient (Wildman–Crippen LogP) is 3.84. The topological polar surface area (TPSA) is 59.6 Å². The normalized spacial score (nSPS) is 29.7. The summed E-state index contributed by atoms with van der Waals surface area (Å²) >= 11 is 0. The van der Waals surface area contributed by atoms with Crippen LogP contribution in [0.15, 0.2) is 18.2 Å². The number of ether oxygens (including phenoxy) is 2. The molecular formula is C25H39FN3O3+. The minimum atomic E-state index is -0.463. The predicted molar refractivity (Wildman–Crippen MR) is 125 cm³/mol. The number of halogens is 1. The van der Waals surface area contributed by atoms with Crippen LogP contribution in [0.25, 0.3) is 0 Å². The van der Waals surface area contributed by atoms with Crippen LogP contribution >= 0.6 is 0 Å². The van der Waals surface area contributed by atoms with Crippen molar-refractivity contribution in [2.75, 3.05) is 51.8 Å². The van der Waals surface area contributed by atoms with Crippen LogP contribution in [-0.2, 0) is 14.3 Å². The Morgan fingerprint density at radius 3 is 2.78 bits per heavy atom. The van der Waals surface area contributed by atoms with E-state index in [2.05, 4.69) is 23.6 Å². The summed E-state index contributed by atoms with van der Waals surface area (Å²) < 4.78 is 26.6. The Hall–Kier alpha value is -1.70. The molecule has 3 fully saturated rings. The first-order chi connectivity index (χ1) is 15.5. The maximum absolute atomic E-state index is 15.1. The number of quaternary nitrogens is 1. The number of likely N-dealkylation sites (tertiary alicyclic amines) is 1. The van der Waals surface area contributed by atoms with Crippen LogP contribution in [0.5, 0.6) is 0 Å². The maximum Gasteiger partial charge on any atom is 0.311 e. The first kappa shape index (κ1) is 23.5. The van der Waals surface area contributed by atoms with Crippen LogP contribution in [0.3, 0.4) is 0 Å². The van der Waals surface area contributed by atoms with Gasteiger partial charge in [0.05, 0.1) is 30.8 Å². The number of hydrogen-bond donors (Lipinski definition) is 2. The molecule has 32 heavy (non-hydrogen) atoms. The van der Waals surface area contributed by atoms with E-state index in [-0.39, 0.29) is 11.8 Å².